The largest absolute Gasteiger partial charge is 0.323 e. The number of piperidine rings is 1. The van der Waals surface area contributed by atoms with Gasteiger partial charge in [-0.1, -0.05) is 42.5 Å². The van der Waals surface area contributed by atoms with E-state index in [0.717, 1.165) is 0 Å². The Morgan fingerprint density at radius 3 is 2.54 bits per heavy atom. The Balaban J connectivity index is 1.67. The van der Waals surface area contributed by atoms with Gasteiger partial charge in [0.1, 0.15) is 5.82 Å². The van der Waals surface area contributed by atoms with Crippen molar-refractivity contribution in [1.29, 1.82) is 0 Å². The molecule has 1 amide bonds. The van der Waals surface area contributed by atoms with Gasteiger partial charge in [0.15, 0.2) is 0 Å². The number of anilines is 1. The lowest BCUT2D eigenvalue weighted by molar-refractivity contribution is -0.120. The van der Waals surface area contributed by atoms with Crippen LogP contribution in [0.4, 0.5) is 10.1 Å². The summed E-state index contributed by atoms with van der Waals surface area (Å²) in [5.74, 6) is -1.44. The minimum absolute atomic E-state index is 0.0878. The molecule has 0 radical (unpaired) electrons. The van der Waals surface area contributed by atoms with Crippen molar-refractivity contribution in [2.45, 2.75) is 18.6 Å². The molecule has 26 heavy (non-hydrogen) atoms. The van der Waals surface area contributed by atoms with E-state index >= 15 is 0 Å². The second-order valence-corrected chi connectivity index (χ2v) is 8.38. The van der Waals surface area contributed by atoms with E-state index in [1.165, 1.54) is 16.4 Å². The predicted molar refractivity (Wildman–Crippen MR) is 98.4 cm³/mol. The van der Waals surface area contributed by atoms with Gasteiger partial charge in [-0.3, -0.25) is 4.79 Å². The summed E-state index contributed by atoms with van der Waals surface area (Å²) in [6.45, 7) is 0.522. The molecule has 0 aliphatic carbocycles. The first-order valence-corrected chi connectivity index (χ1v) is 10.1. The molecule has 1 N–H and O–H groups in total. The van der Waals surface area contributed by atoms with Crippen molar-refractivity contribution in [3.63, 3.8) is 0 Å². The highest BCUT2D eigenvalue weighted by atomic mass is 32.2. The van der Waals surface area contributed by atoms with Crippen LogP contribution in [0.1, 0.15) is 18.4 Å². The lowest BCUT2D eigenvalue weighted by atomic mass is 9.98. The average molecular weight is 376 g/mol. The van der Waals surface area contributed by atoms with Crippen molar-refractivity contribution in [3.8, 4) is 0 Å². The second kappa shape index (κ2) is 7.97. The normalized spacial score (nSPS) is 18.4. The van der Waals surface area contributed by atoms with Gasteiger partial charge in [-0.05, 0) is 30.5 Å². The first-order chi connectivity index (χ1) is 12.5. The summed E-state index contributed by atoms with van der Waals surface area (Å²) in [5.41, 5.74) is 0.826. The molecule has 1 fully saturated rings. The molecule has 1 saturated heterocycles. The minimum atomic E-state index is -3.50. The third-order valence-electron chi connectivity index (χ3n) is 4.47. The van der Waals surface area contributed by atoms with Gasteiger partial charge in [0.2, 0.25) is 15.9 Å². The predicted octanol–water partition coefficient (Wildman–Crippen LogP) is 3.01. The van der Waals surface area contributed by atoms with Crippen LogP contribution < -0.4 is 5.32 Å². The van der Waals surface area contributed by atoms with Crippen LogP contribution in [-0.2, 0) is 20.6 Å². The van der Waals surface area contributed by atoms with Crippen molar-refractivity contribution < 1.29 is 17.6 Å². The second-order valence-electron chi connectivity index (χ2n) is 6.41. The zero-order valence-electron chi connectivity index (χ0n) is 14.3. The van der Waals surface area contributed by atoms with Crippen LogP contribution in [0.15, 0.2) is 54.6 Å². The van der Waals surface area contributed by atoms with Crippen molar-refractivity contribution >= 4 is 21.6 Å². The lowest BCUT2D eigenvalue weighted by Crippen LogP contribution is -2.44. The molecule has 0 unspecified atom stereocenters. The Hall–Kier alpha value is -2.25. The van der Waals surface area contributed by atoms with Gasteiger partial charge in [-0.15, -0.1) is 0 Å². The fourth-order valence-corrected chi connectivity index (χ4v) is 4.69. The van der Waals surface area contributed by atoms with Crippen molar-refractivity contribution in [2.75, 3.05) is 18.4 Å². The zero-order valence-corrected chi connectivity index (χ0v) is 15.1. The Kier molecular flexibility index (Phi) is 5.68. The molecule has 1 atom stereocenters. The highest BCUT2D eigenvalue weighted by Crippen LogP contribution is 2.23. The first-order valence-electron chi connectivity index (χ1n) is 8.53. The molecule has 138 valence electrons. The number of nitrogens with zero attached hydrogens (tertiary/aromatic N) is 1. The molecule has 1 aliphatic heterocycles. The number of nitrogens with one attached hydrogen (secondary N) is 1. The molecule has 1 aliphatic rings. The number of benzene rings is 2. The highest BCUT2D eigenvalue weighted by molar-refractivity contribution is 7.88. The number of amides is 1. The Bertz CT molecular complexity index is 871. The topological polar surface area (TPSA) is 66.5 Å². The molecule has 7 heteroatoms. The van der Waals surface area contributed by atoms with E-state index in [0.29, 0.717) is 24.9 Å². The zero-order chi connectivity index (χ0) is 18.6. The third-order valence-corrected chi connectivity index (χ3v) is 6.29. The number of para-hydroxylation sites is 1. The van der Waals surface area contributed by atoms with E-state index in [4.69, 9.17) is 0 Å². The molecule has 2 aromatic rings. The summed E-state index contributed by atoms with van der Waals surface area (Å²) in [4.78, 5) is 12.5. The molecular formula is C19H21FN2O3S. The van der Waals surface area contributed by atoms with Gasteiger partial charge in [0.25, 0.3) is 0 Å². The van der Waals surface area contributed by atoms with Crippen LogP contribution in [0.2, 0.25) is 0 Å². The molecule has 3 rings (SSSR count). The molecular weight excluding hydrogens is 355 g/mol. The fourth-order valence-electron chi connectivity index (χ4n) is 3.08. The summed E-state index contributed by atoms with van der Waals surface area (Å²) >= 11 is 0. The molecule has 1 heterocycles. The number of carbonyl (C=O) groups excluding carboxylic acids is 1. The SMILES string of the molecule is O=C(Nc1ccccc1F)[C@@H]1CCCN(S(=O)(=O)Cc2ccccc2)C1. The van der Waals surface area contributed by atoms with E-state index in [9.17, 15) is 17.6 Å². The number of halogens is 1. The van der Waals surface area contributed by atoms with Crippen LogP contribution in [0.5, 0.6) is 0 Å². The summed E-state index contributed by atoms with van der Waals surface area (Å²) in [6, 6.07) is 14.9. The van der Waals surface area contributed by atoms with Crippen LogP contribution in [-0.4, -0.2) is 31.7 Å². The van der Waals surface area contributed by atoms with E-state index in [2.05, 4.69) is 5.32 Å². The third kappa shape index (κ3) is 4.47. The van der Waals surface area contributed by atoms with Crippen LogP contribution >= 0.6 is 0 Å². The van der Waals surface area contributed by atoms with Gasteiger partial charge in [-0.2, -0.15) is 0 Å². The van der Waals surface area contributed by atoms with E-state index in [1.54, 1.807) is 36.4 Å². The monoisotopic (exact) mass is 376 g/mol. The first kappa shape index (κ1) is 18.5. The van der Waals surface area contributed by atoms with Crippen LogP contribution in [0.3, 0.4) is 0 Å². The smallest absolute Gasteiger partial charge is 0.228 e. The van der Waals surface area contributed by atoms with Gasteiger partial charge in [0.05, 0.1) is 17.4 Å². The highest BCUT2D eigenvalue weighted by Gasteiger charge is 2.32. The summed E-state index contributed by atoms with van der Waals surface area (Å²) in [6.07, 6.45) is 1.18. The Morgan fingerprint density at radius 2 is 1.81 bits per heavy atom. The molecule has 0 aromatic heterocycles. The fraction of sp³-hybridized carbons (Fsp3) is 0.316. The maximum atomic E-state index is 13.7. The number of sulfonamides is 1. The van der Waals surface area contributed by atoms with E-state index in [1.807, 2.05) is 6.07 Å². The molecule has 0 saturated carbocycles. The number of rotatable bonds is 5. The van der Waals surface area contributed by atoms with E-state index < -0.39 is 21.8 Å². The number of hydrogen-bond donors (Lipinski definition) is 1. The van der Waals surface area contributed by atoms with Gasteiger partial charge in [-0.25, -0.2) is 17.1 Å². The quantitative estimate of drug-likeness (QED) is 0.872. The summed E-state index contributed by atoms with van der Waals surface area (Å²) in [7, 11) is -3.50. The minimum Gasteiger partial charge on any atom is -0.323 e. The van der Waals surface area contributed by atoms with Crippen molar-refractivity contribution in [3.05, 3.63) is 66.0 Å². The van der Waals surface area contributed by atoms with Gasteiger partial charge in [0, 0.05) is 13.1 Å². The molecule has 2 aromatic carbocycles. The maximum absolute atomic E-state index is 13.7. The van der Waals surface area contributed by atoms with Gasteiger partial charge >= 0.3 is 0 Å². The standard InChI is InChI=1S/C19H21FN2O3S/c20-17-10-4-5-11-18(17)21-19(23)16-9-6-12-22(13-16)26(24,25)14-15-7-2-1-3-8-15/h1-5,7-8,10-11,16H,6,9,12-14H2,(H,21,23)/t16-/m1/s1. The Morgan fingerprint density at radius 1 is 1.12 bits per heavy atom. The molecule has 0 bridgehead atoms. The number of hydrogen-bond acceptors (Lipinski definition) is 3. The lowest BCUT2D eigenvalue weighted by Gasteiger charge is -2.31. The van der Waals surface area contributed by atoms with Crippen LogP contribution in [0.25, 0.3) is 0 Å². The number of carbonyl (C=O) groups is 1. The average Bonchev–Trinajstić information content (AvgIpc) is 2.64. The van der Waals surface area contributed by atoms with Gasteiger partial charge < -0.3 is 5.32 Å². The summed E-state index contributed by atoms with van der Waals surface area (Å²) in [5, 5.41) is 2.57. The molecule has 0 spiro atoms. The molecule has 5 nitrogen and oxygen atoms in total. The Labute approximate surface area is 152 Å². The van der Waals surface area contributed by atoms with Crippen LogP contribution in [0, 0.1) is 11.7 Å². The van der Waals surface area contributed by atoms with E-state index in [-0.39, 0.29) is 23.9 Å². The van der Waals surface area contributed by atoms with Crippen molar-refractivity contribution in [1.82, 2.24) is 4.31 Å². The maximum Gasteiger partial charge on any atom is 0.228 e. The summed E-state index contributed by atoms with van der Waals surface area (Å²) < 4.78 is 40.4. The van der Waals surface area contributed by atoms with Crippen molar-refractivity contribution in [2.24, 2.45) is 5.92 Å².